The number of aliphatic hydroxyl groups excluding tert-OH is 1. The van der Waals surface area contributed by atoms with Gasteiger partial charge in [-0.15, -0.1) is 11.3 Å². The van der Waals surface area contributed by atoms with Gasteiger partial charge in [-0.3, -0.25) is 0 Å². The van der Waals surface area contributed by atoms with Gasteiger partial charge in [-0.1, -0.05) is 6.92 Å². The van der Waals surface area contributed by atoms with Crippen molar-refractivity contribution in [2.24, 2.45) is 13.0 Å². The quantitative estimate of drug-likeness (QED) is 0.417. The zero-order chi connectivity index (χ0) is 27.1. The van der Waals surface area contributed by atoms with Crippen molar-refractivity contribution in [1.29, 1.82) is 0 Å². The Bertz CT molecular complexity index is 1360. The largest absolute Gasteiger partial charge is 0.420 e. The second-order valence-electron chi connectivity index (χ2n) is 8.56. The van der Waals surface area contributed by atoms with Crippen molar-refractivity contribution in [3.05, 3.63) is 35.4 Å². The smallest absolute Gasteiger partial charge is 0.382 e. The Morgan fingerprint density at radius 3 is 2.54 bits per heavy atom. The van der Waals surface area contributed by atoms with Crippen LogP contribution < -0.4 is 5.32 Å². The Morgan fingerprint density at radius 2 is 1.95 bits per heavy atom. The van der Waals surface area contributed by atoms with Crippen LogP contribution in [0.2, 0.25) is 0 Å². The van der Waals surface area contributed by atoms with E-state index in [4.69, 9.17) is 0 Å². The molecule has 37 heavy (non-hydrogen) atoms. The van der Waals surface area contributed by atoms with E-state index in [2.05, 4.69) is 25.3 Å². The van der Waals surface area contributed by atoms with Crippen molar-refractivity contribution in [3.8, 4) is 10.7 Å². The van der Waals surface area contributed by atoms with E-state index in [0.717, 1.165) is 6.20 Å². The molecule has 3 atom stereocenters. The number of aromatic nitrogens is 5. The van der Waals surface area contributed by atoms with E-state index in [-0.39, 0.29) is 45.9 Å². The van der Waals surface area contributed by atoms with Crippen LogP contribution in [0.5, 0.6) is 0 Å². The number of hydrogen-bond acceptors (Lipinski definition) is 9. The standard InChI is InChI=1S/C20H22F5N7O3S2/c1-10-7-32(37(34,35)14-8-31(2)9-28-14)4-3-12(10)29-19-27-5-11(20(23,24)25)15(30-19)18-26-6-13(36-18)16(33)17(21)22/h5-6,8-10,12,16-17,33H,3-4,7H2,1-2H3,(H,27,29,30)/t10-,12+,16?/m1/s1. The highest BCUT2D eigenvalue weighted by atomic mass is 32.2. The molecule has 1 unspecified atom stereocenters. The minimum absolute atomic E-state index is 0.0795. The predicted molar refractivity (Wildman–Crippen MR) is 122 cm³/mol. The third-order valence-electron chi connectivity index (χ3n) is 5.82. The van der Waals surface area contributed by atoms with Gasteiger partial charge >= 0.3 is 6.18 Å². The van der Waals surface area contributed by atoms with Crippen molar-refractivity contribution in [2.45, 2.75) is 43.1 Å². The fourth-order valence-electron chi connectivity index (χ4n) is 3.84. The third kappa shape index (κ3) is 5.73. The molecule has 4 rings (SSSR count). The Kier molecular flexibility index (Phi) is 7.51. The van der Waals surface area contributed by atoms with Crippen LogP contribution in [0.15, 0.2) is 29.9 Å². The molecule has 1 saturated heterocycles. The van der Waals surface area contributed by atoms with Crippen molar-refractivity contribution in [1.82, 2.24) is 28.8 Å². The fourth-order valence-corrected chi connectivity index (χ4v) is 6.27. The second-order valence-corrected chi connectivity index (χ2v) is 11.5. The molecule has 0 amide bonds. The van der Waals surface area contributed by atoms with E-state index in [1.165, 1.54) is 21.4 Å². The summed E-state index contributed by atoms with van der Waals surface area (Å²) in [6.45, 7) is 2.04. The minimum Gasteiger partial charge on any atom is -0.382 e. The summed E-state index contributed by atoms with van der Waals surface area (Å²) in [6, 6.07) is -0.368. The van der Waals surface area contributed by atoms with Crippen LogP contribution in [0.3, 0.4) is 0 Å². The lowest BCUT2D eigenvalue weighted by Crippen LogP contribution is -2.47. The van der Waals surface area contributed by atoms with E-state index < -0.39 is 40.0 Å². The second kappa shape index (κ2) is 10.2. The summed E-state index contributed by atoms with van der Waals surface area (Å²) in [5.74, 6) is -0.429. The first kappa shape index (κ1) is 27.3. The molecule has 17 heteroatoms. The molecule has 0 radical (unpaired) electrons. The number of aliphatic hydroxyl groups is 1. The van der Waals surface area contributed by atoms with Crippen molar-refractivity contribution < 1.29 is 35.5 Å². The molecular formula is C20H22F5N7O3S2. The van der Waals surface area contributed by atoms with Crippen LogP contribution in [0, 0.1) is 5.92 Å². The fraction of sp³-hybridized carbons (Fsp3) is 0.500. The lowest BCUT2D eigenvalue weighted by Gasteiger charge is -2.36. The lowest BCUT2D eigenvalue weighted by atomic mass is 9.95. The zero-order valence-corrected chi connectivity index (χ0v) is 21.0. The van der Waals surface area contributed by atoms with Crippen LogP contribution in [-0.2, 0) is 23.2 Å². The molecule has 2 N–H and O–H groups in total. The van der Waals surface area contributed by atoms with E-state index in [9.17, 15) is 35.5 Å². The van der Waals surface area contributed by atoms with Gasteiger partial charge in [-0.2, -0.15) is 17.5 Å². The number of hydrogen-bond donors (Lipinski definition) is 2. The van der Waals surface area contributed by atoms with Crippen LogP contribution in [0.1, 0.15) is 29.9 Å². The number of halogens is 5. The molecular weight excluding hydrogens is 545 g/mol. The number of thiazole rings is 1. The summed E-state index contributed by atoms with van der Waals surface area (Å²) in [7, 11) is -2.16. The monoisotopic (exact) mass is 567 g/mol. The van der Waals surface area contributed by atoms with E-state index in [1.54, 1.807) is 14.0 Å². The predicted octanol–water partition coefficient (Wildman–Crippen LogP) is 3.16. The number of nitrogens with one attached hydrogen (secondary N) is 1. The Hall–Kier alpha value is -2.76. The molecule has 4 heterocycles. The van der Waals surface area contributed by atoms with Gasteiger partial charge in [0.25, 0.3) is 16.4 Å². The Morgan fingerprint density at radius 1 is 1.22 bits per heavy atom. The van der Waals surface area contributed by atoms with Gasteiger partial charge in [-0.05, 0) is 12.3 Å². The van der Waals surface area contributed by atoms with Gasteiger partial charge in [0.2, 0.25) is 5.95 Å². The maximum atomic E-state index is 13.6. The SMILES string of the molecule is C[C@@H]1CN(S(=O)(=O)c2cn(C)cn2)CC[C@@H]1Nc1ncc(C(F)(F)F)c(-c2ncc(C(O)C(F)F)s2)n1. The molecule has 0 saturated carbocycles. The number of piperidine rings is 1. The molecule has 0 bridgehead atoms. The third-order valence-corrected chi connectivity index (χ3v) is 8.64. The summed E-state index contributed by atoms with van der Waals surface area (Å²) in [5, 5.41) is 12.1. The number of alkyl halides is 5. The molecule has 3 aromatic rings. The van der Waals surface area contributed by atoms with Gasteiger partial charge < -0.3 is 15.0 Å². The molecule has 10 nitrogen and oxygen atoms in total. The maximum absolute atomic E-state index is 13.6. The first-order valence-corrected chi connectivity index (χ1v) is 13.1. The Balaban J connectivity index is 1.55. The highest BCUT2D eigenvalue weighted by Crippen LogP contribution is 2.39. The zero-order valence-electron chi connectivity index (χ0n) is 19.4. The molecule has 3 aromatic heterocycles. The lowest BCUT2D eigenvalue weighted by molar-refractivity contribution is -0.137. The van der Waals surface area contributed by atoms with Gasteiger partial charge in [-0.25, -0.2) is 37.1 Å². The number of nitrogens with zero attached hydrogens (tertiary/aromatic N) is 6. The number of anilines is 1. The van der Waals surface area contributed by atoms with E-state index in [0.29, 0.717) is 24.0 Å². The number of aryl methyl sites for hydroxylation is 1. The van der Waals surface area contributed by atoms with Crippen molar-refractivity contribution in [2.75, 3.05) is 18.4 Å². The van der Waals surface area contributed by atoms with Gasteiger partial charge in [0, 0.05) is 44.8 Å². The highest BCUT2D eigenvalue weighted by molar-refractivity contribution is 7.89. The van der Waals surface area contributed by atoms with Crippen molar-refractivity contribution >= 4 is 27.3 Å². The summed E-state index contributed by atoms with van der Waals surface area (Å²) in [6.07, 6.45) is -5.63. The van der Waals surface area contributed by atoms with Crippen LogP contribution in [0.4, 0.5) is 27.9 Å². The van der Waals surface area contributed by atoms with Gasteiger partial charge in [0.05, 0.1) is 11.2 Å². The summed E-state index contributed by atoms with van der Waals surface area (Å²) in [4.78, 5) is 15.1. The molecule has 0 aromatic carbocycles. The van der Waals surface area contributed by atoms with Gasteiger partial charge in [0.1, 0.15) is 16.3 Å². The molecule has 0 spiro atoms. The van der Waals surface area contributed by atoms with E-state index in [1.807, 2.05) is 0 Å². The number of imidazole rings is 1. The molecule has 0 aliphatic carbocycles. The van der Waals surface area contributed by atoms with Crippen LogP contribution >= 0.6 is 11.3 Å². The average Bonchev–Trinajstić information content (AvgIpc) is 3.49. The average molecular weight is 568 g/mol. The maximum Gasteiger partial charge on any atom is 0.420 e. The molecule has 1 aliphatic rings. The highest BCUT2D eigenvalue weighted by Gasteiger charge is 2.38. The normalized spacial score (nSPS) is 20.4. The number of sulfonamides is 1. The van der Waals surface area contributed by atoms with Crippen molar-refractivity contribution in [3.63, 3.8) is 0 Å². The van der Waals surface area contributed by atoms with E-state index >= 15 is 0 Å². The van der Waals surface area contributed by atoms with Crippen LogP contribution in [0.25, 0.3) is 10.7 Å². The summed E-state index contributed by atoms with van der Waals surface area (Å²) < 4.78 is 95.0. The Labute approximate surface area is 212 Å². The molecule has 1 fully saturated rings. The summed E-state index contributed by atoms with van der Waals surface area (Å²) >= 11 is 0.470. The summed E-state index contributed by atoms with van der Waals surface area (Å²) in [5.41, 5.74) is -1.83. The molecule has 1 aliphatic heterocycles. The molecule has 202 valence electrons. The number of rotatable bonds is 7. The van der Waals surface area contributed by atoms with Crippen LogP contribution in [-0.4, -0.2) is 67.9 Å². The first-order valence-electron chi connectivity index (χ1n) is 10.9. The minimum atomic E-state index is -4.85. The first-order chi connectivity index (χ1) is 17.3. The van der Waals surface area contributed by atoms with Gasteiger partial charge in [0.15, 0.2) is 11.1 Å². The topological polar surface area (TPSA) is 126 Å².